The Morgan fingerprint density at radius 2 is 2.08 bits per heavy atom. The number of nitrogen functional groups attached to an aromatic ring is 1. The summed E-state index contributed by atoms with van der Waals surface area (Å²) in [6, 6.07) is 0. The number of nitrogens with zero attached hydrogens (tertiary/aromatic N) is 4. The van der Waals surface area contributed by atoms with Gasteiger partial charge in [0.05, 0.1) is 25.1 Å². The molecule has 0 radical (unpaired) electrons. The van der Waals surface area contributed by atoms with Gasteiger partial charge in [0, 0.05) is 6.42 Å². The van der Waals surface area contributed by atoms with Crippen molar-refractivity contribution in [2.24, 2.45) is 0 Å². The highest BCUT2D eigenvalue weighted by molar-refractivity contribution is 6.74. The predicted octanol–water partition coefficient (Wildman–Crippen LogP) is 2.08. The molecule has 3 atom stereocenters. The van der Waals surface area contributed by atoms with Crippen LogP contribution >= 0.6 is 0 Å². The number of aliphatic hydroxyl groups excluding tert-OH is 1. The van der Waals surface area contributed by atoms with Crippen LogP contribution in [0.25, 0.3) is 11.2 Å². The zero-order valence-corrected chi connectivity index (χ0v) is 16.4. The minimum Gasteiger partial charge on any atom is -0.409 e. The van der Waals surface area contributed by atoms with Gasteiger partial charge in [0.1, 0.15) is 11.8 Å². The first-order valence-corrected chi connectivity index (χ1v) is 11.4. The molecule has 0 aromatic carbocycles. The molecule has 0 saturated carbocycles. The Labute approximate surface area is 148 Å². The molecule has 138 valence electrons. The molecule has 1 saturated heterocycles. The maximum atomic E-state index is 9.57. The van der Waals surface area contributed by atoms with Crippen LogP contribution in [0.15, 0.2) is 12.7 Å². The van der Waals surface area contributed by atoms with E-state index in [9.17, 15) is 5.11 Å². The molecule has 0 amide bonds. The van der Waals surface area contributed by atoms with Crippen molar-refractivity contribution in [3.63, 3.8) is 0 Å². The van der Waals surface area contributed by atoms with Crippen LogP contribution in [0.5, 0.6) is 0 Å². The van der Waals surface area contributed by atoms with Gasteiger partial charge in [-0.1, -0.05) is 20.8 Å². The quantitative estimate of drug-likeness (QED) is 0.798. The van der Waals surface area contributed by atoms with Crippen LogP contribution in [-0.2, 0) is 9.16 Å². The molecule has 2 aromatic heterocycles. The lowest BCUT2D eigenvalue weighted by Crippen LogP contribution is -2.45. The fraction of sp³-hybridized carbons (Fsp3) is 0.688. The lowest BCUT2D eigenvalue weighted by Gasteiger charge is -2.39. The van der Waals surface area contributed by atoms with Gasteiger partial charge in [-0.2, -0.15) is 0 Å². The molecular formula is C16H27N5O3Si. The summed E-state index contributed by atoms with van der Waals surface area (Å²) < 4.78 is 14.5. The second-order valence-electron chi connectivity index (χ2n) is 8.07. The first-order valence-electron chi connectivity index (χ1n) is 8.51. The minimum atomic E-state index is -2.00. The Hall–Kier alpha value is -1.55. The second kappa shape index (κ2) is 6.31. The number of nitrogens with two attached hydrogens (primary N) is 1. The van der Waals surface area contributed by atoms with Crippen molar-refractivity contribution in [3.05, 3.63) is 12.7 Å². The van der Waals surface area contributed by atoms with Crippen molar-refractivity contribution in [2.75, 3.05) is 12.3 Å². The van der Waals surface area contributed by atoms with Crippen molar-refractivity contribution in [2.45, 2.75) is 63.8 Å². The monoisotopic (exact) mass is 365 g/mol. The van der Waals surface area contributed by atoms with Crippen molar-refractivity contribution < 1.29 is 14.3 Å². The fourth-order valence-corrected chi connectivity index (χ4v) is 4.12. The van der Waals surface area contributed by atoms with Crippen LogP contribution in [0.1, 0.15) is 33.4 Å². The molecule has 0 unspecified atom stereocenters. The molecule has 3 rings (SSSR count). The molecule has 0 spiro atoms. The largest absolute Gasteiger partial charge is 0.409 e. The van der Waals surface area contributed by atoms with Crippen molar-refractivity contribution in [1.29, 1.82) is 0 Å². The lowest BCUT2D eigenvalue weighted by atomic mass is 10.2. The van der Waals surface area contributed by atoms with Gasteiger partial charge in [0.2, 0.25) is 0 Å². The normalized spacial score (nSPS) is 25.0. The molecule has 3 heterocycles. The Bertz CT molecular complexity index is 758. The third-order valence-corrected chi connectivity index (χ3v) is 9.77. The van der Waals surface area contributed by atoms with E-state index in [0.29, 0.717) is 23.4 Å². The van der Waals surface area contributed by atoms with E-state index < -0.39 is 14.5 Å². The van der Waals surface area contributed by atoms with Crippen LogP contribution < -0.4 is 5.73 Å². The van der Waals surface area contributed by atoms with Gasteiger partial charge in [-0.05, 0) is 18.1 Å². The minimum absolute atomic E-state index is 0.0440. The summed E-state index contributed by atoms with van der Waals surface area (Å²) in [6.45, 7) is 11.0. The number of rotatable bonds is 4. The zero-order valence-electron chi connectivity index (χ0n) is 15.4. The van der Waals surface area contributed by atoms with E-state index in [1.54, 1.807) is 6.33 Å². The van der Waals surface area contributed by atoms with E-state index in [1.165, 1.54) is 6.33 Å². The summed E-state index contributed by atoms with van der Waals surface area (Å²) in [4.78, 5) is 12.6. The number of fused-ring (bicyclic) bond motifs is 1. The van der Waals surface area contributed by atoms with E-state index in [2.05, 4.69) is 48.8 Å². The molecule has 9 heteroatoms. The summed E-state index contributed by atoms with van der Waals surface area (Å²) in [6.07, 6.45) is 2.86. The predicted molar refractivity (Wildman–Crippen MR) is 97.4 cm³/mol. The van der Waals surface area contributed by atoms with Gasteiger partial charge < -0.3 is 20.0 Å². The summed E-state index contributed by atoms with van der Waals surface area (Å²) in [5, 5.41) is 9.66. The van der Waals surface area contributed by atoms with Crippen LogP contribution in [0.4, 0.5) is 5.82 Å². The third-order valence-electron chi connectivity index (χ3n) is 5.26. The molecule has 2 aromatic rings. The number of ether oxygens (including phenoxy) is 1. The molecule has 1 aliphatic rings. The summed E-state index contributed by atoms with van der Waals surface area (Å²) in [5.41, 5.74) is 7.04. The number of hydrogen-bond acceptors (Lipinski definition) is 7. The van der Waals surface area contributed by atoms with E-state index >= 15 is 0 Å². The molecule has 25 heavy (non-hydrogen) atoms. The van der Waals surface area contributed by atoms with Gasteiger partial charge in [0.25, 0.3) is 0 Å². The molecule has 0 bridgehead atoms. The van der Waals surface area contributed by atoms with Crippen LogP contribution in [0.3, 0.4) is 0 Å². The van der Waals surface area contributed by atoms with E-state index in [4.69, 9.17) is 14.9 Å². The Morgan fingerprint density at radius 1 is 1.36 bits per heavy atom. The molecule has 3 N–H and O–H groups in total. The van der Waals surface area contributed by atoms with E-state index in [1.807, 2.05) is 4.57 Å². The highest BCUT2D eigenvalue weighted by Gasteiger charge is 2.45. The highest BCUT2D eigenvalue weighted by atomic mass is 28.4. The number of imidazole rings is 1. The Kier molecular flexibility index (Phi) is 4.61. The average molecular weight is 366 g/mol. The number of aliphatic hydroxyl groups is 1. The molecule has 0 aliphatic carbocycles. The molecule has 1 fully saturated rings. The number of anilines is 1. The van der Waals surface area contributed by atoms with Crippen molar-refractivity contribution >= 4 is 25.3 Å². The highest BCUT2D eigenvalue weighted by Crippen LogP contribution is 2.42. The molecular weight excluding hydrogens is 338 g/mol. The average Bonchev–Trinajstić information content (AvgIpc) is 3.10. The summed E-state index contributed by atoms with van der Waals surface area (Å²) in [7, 11) is -2.00. The second-order valence-corrected chi connectivity index (χ2v) is 12.8. The van der Waals surface area contributed by atoms with Crippen LogP contribution in [-0.4, -0.2) is 51.8 Å². The first-order chi connectivity index (χ1) is 11.6. The lowest BCUT2D eigenvalue weighted by molar-refractivity contribution is -0.0460. The summed E-state index contributed by atoms with van der Waals surface area (Å²) >= 11 is 0. The fourth-order valence-electron chi connectivity index (χ4n) is 2.80. The standard InChI is InChI=1S/C16H27N5O3Si/c1-16(2,3)25(4,5)24-11-6-10(7-22)23-15(11)21-9-20-12-13(17)18-8-19-14(12)21/h8-11,15,22H,6-7H2,1-5H3,(H2,17,18,19)/t10-,11+,15+/m0/s1. The smallest absolute Gasteiger partial charge is 0.192 e. The Morgan fingerprint density at radius 3 is 2.72 bits per heavy atom. The van der Waals surface area contributed by atoms with Gasteiger partial charge >= 0.3 is 0 Å². The topological polar surface area (TPSA) is 108 Å². The summed E-state index contributed by atoms with van der Waals surface area (Å²) in [5.74, 6) is 0.335. The third kappa shape index (κ3) is 3.29. The van der Waals surface area contributed by atoms with E-state index in [-0.39, 0.29) is 23.9 Å². The van der Waals surface area contributed by atoms with E-state index in [0.717, 1.165) is 0 Å². The maximum Gasteiger partial charge on any atom is 0.192 e. The molecule has 1 aliphatic heterocycles. The Balaban J connectivity index is 1.96. The molecule has 8 nitrogen and oxygen atoms in total. The van der Waals surface area contributed by atoms with Gasteiger partial charge in [-0.15, -0.1) is 0 Å². The zero-order chi connectivity index (χ0) is 18.4. The first kappa shape index (κ1) is 18.2. The van der Waals surface area contributed by atoms with Crippen molar-refractivity contribution in [1.82, 2.24) is 19.5 Å². The number of hydrogen-bond donors (Lipinski definition) is 2. The maximum absolute atomic E-state index is 9.57. The van der Waals surface area contributed by atoms with Crippen LogP contribution in [0.2, 0.25) is 18.1 Å². The van der Waals surface area contributed by atoms with Crippen molar-refractivity contribution in [3.8, 4) is 0 Å². The van der Waals surface area contributed by atoms with Gasteiger partial charge in [0.15, 0.2) is 26.0 Å². The van der Waals surface area contributed by atoms with Crippen LogP contribution in [0, 0.1) is 0 Å². The van der Waals surface area contributed by atoms with Gasteiger partial charge in [-0.25, -0.2) is 15.0 Å². The van der Waals surface area contributed by atoms with Gasteiger partial charge in [-0.3, -0.25) is 4.57 Å². The SMILES string of the molecule is CC(C)(C)[Si](C)(C)O[C@@H]1C[C@@H](CO)O[C@H]1n1cnc2c(N)ncnc21. The number of aromatic nitrogens is 4.